The summed E-state index contributed by atoms with van der Waals surface area (Å²) in [6.45, 7) is 1.85. The van der Waals surface area contributed by atoms with Crippen LogP contribution in [-0.4, -0.2) is 20.1 Å². The van der Waals surface area contributed by atoms with Crippen molar-refractivity contribution < 1.29 is 9.52 Å². The number of rotatable bonds is 2. The maximum atomic E-state index is 10.5. The van der Waals surface area contributed by atoms with E-state index in [2.05, 4.69) is 10.3 Å². The van der Waals surface area contributed by atoms with Crippen LogP contribution in [0.3, 0.4) is 0 Å². The van der Waals surface area contributed by atoms with Crippen molar-refractivity contribution in [3.8, 4) is 0 Å². The van der Waals surface area contributed by atoms with Gasteiger partial charge < -0.3 is 9.52 Å². The first-order valence-corrected chi connectivity index (χ1v) is 5.69. The second-order valence-electron chi connectivity index (χ2n) is 4.25. The fraction of sp³-hybridized carbons (Fsp3) is 0.231. The van der Waals surface area contributed by atoms with Gasteiger partial charge in [0.25, 0.3) is 0 Å². The molecule has 0 bridgehead atoms. The lowest BCUT2D eigenvalue weighted by atomic mass is 10.0. The van der Waals surface area contributed by atoms with Crippen LogP contribution in [0.4, 0.5) is 0 Å². The molecule has 0 aliphatic heterocycles. The molecule has 1 aromatic carbocycles. The number of aryl methyl sites for hydroxylation is 2. The van der Waals surface area contributed by atoms with Crippen LogP contribution in [-0.2, 0) is 7.05 Å². The summed E-state index contributed by atoms with van der Waals surface area (Å²) in [5.74, 6) is 0.713. The number of aliphatic hydroxyl groups is 1. The normalized spacial score (nSPS) is 13.1. The van der Waals surface area contributed by atoms with Crippen molar-refractivity contribution >= 4 is 11.0 Å². The van der Waals surface area contributed by atoms with Crippen molar-refractivity contribution in [2.45, 2.75) is 13.0 Å². The van der Waals surface area contributed by atoms with Crippen LogP contribution in [0, 0.1) is 6.92 Å². The molecular formula is C13H13N3O2. The molecule has 92 valence electrons. The molecule has 5 heteroatoms. The second kappa shape index (κ2) is 3.96. The Morgan fingerprint density at radius 3 is 2.83 bits per heavy atom. The van der Waals surface area contributed by atoms with E-state index in [9.17, 15) is 5.11 Å². The van der Waals surface area contributed by atoms with Crippen LogP contribution < -0.4 is 0 Å². The third-order valence-corrected chi connectivity index (χ3v) is 3.12. The van der Waals surface area contributed by atoms with Gasteiger partial charge in [-0.05, 0) is 13.0 Å². The van der Waals surface area contributed by atoms with E-state index >= 15 is 0 Å². The Kier molecular flexibility index (Phi) is 2.41. The largest absolute Gasteiger partial charge is 0.461 e. The summed E-state index contributed by atoms with van der Waals surface area (Å²) in [4.78, 5) is 0. The van der Waals surface area contributed by atoms with E-state index in [0.29, 0.717) is 11.5 Å². The number of fused-ring (bicyclic) bond motifs is 1. The highest BCUT2D eigenvalue weighted by molar-refractivity contribution is 5.82. The number of aliphatic hydroxyl groups excluding tert-OH is 1. The van der Waals surface area contributed by atoms with Gasteiger partial charge in [0.2, 0.25) is 0 Å². The molecule has 0 amide bonds. The summed E-state index contributed by atoms with van der Waals surface area (Å²) in [7, 11) is 1.75. The van der Waals surface area contributed by atoms with Crippen molar-refractivity contribution in [1.82, 2.24) is 15.0 Å². The highest BCUT2D eigenvalue weighted by Crippen LogP contribution is 2.33. The summed E-state index contributed by atoms with van der Waals surface area (Å²) in [6, 6.07) is 7.66. The molecule has 1 atom stereocenters. The Hall–Kier alpha value is -2.14. The Balaban J connectivity index is 2.20. The number of benzene rings is 1. The molecule has 0 aliphatic carbocycles. The summed E-state index contributed by atoms with van der Waals surface area (Å²) >= 11 is 0. The van der Waals surface area contributed by atoms with E-state index < -0.39 is 6.10 Å². The summed E-state index contributed by atoms with van der Waals surface area (Å²) < 4.78 is 7.21. The molecule has 0 aliphatic rings. The molecule has 3 aromatic rings. The van der Waals surface area contributed by atoms with Gasteiger partial charge in [0, 0.05) is 18.0 Å². The third kappa shape index (κ3) is 1.52. The molecule has 18 heavy (non-hydrogen) atoms. The minimum Gasteiger partial charge on any atom is -0.461 e. The van der Waals surface area contributed by atoms with Gasteiger partial charge in [-0.3, -0.25) is 0 Å². The number of furan rings is 1. The van der Waals surface area contributed by atoms with Crippen LogP contribution in [0.2, 0.25) is 0 Å². The van der Waals surface area contributed by atoms with Crippen LogP contribution in [0.15, 0.2) is 34.9 Å². The van der Waals surface area contributed by atoms with Crippen LogP contribution in [0.1, 0.15) is 23.1 Å². The van der Waals surface area contributed by atoms with E-state index in [1.54, 1.807) is 17.9 Å². The summed E-state index contributed by atoms with van der Waals surface area (Å²) in [5.41, 5.74) is 2.19. The number of nitrogens with zero attached hydrogens (tertiary/aromatic N) is 3. The van der Waals surface area contributed by atoms with Gasteiger partial charge in [-0.2, -0.15) is 0 Å². The monoisotopic (exact) mass is 243 g/mol. The predicted molar refractivity (Wildman–Crippen MR) is 66.0 cm³/mol. The number of aromatic nitrogens is 3. The molecule has 2 aromatic heterocycles. The van der Waals surface area contributed by atoms with Crippen molar-refractivity contribution in [2.24, 2.45) is 7.05 Å². The minimum absolute atomic E-state index is 0.643. The number of para-hydroxylation sites is 1. The number of hydrogen-bond acceptors (Lipinski definition) is 4. The zero-order valence-electron chi connectivity index (χ0n) is 10.2. The Morgan fingerprint density at radius 2 is 2.11 bits per heavy atom. The maximum absolute atomic E-state index is 10.5. The Morgan fingerprint density at radius 1 is 1.33 bits per heavy atom. The van der Waals surface area contributed by atoms with Crippen molar-refractivity contribution in [3.05, 3.63) is 47.5 Å². The maximum Gasteiger partial charge on any atom is 0.134 e. The Bertz CT molecular complexity index is 699. The van der Waals surface area contributed by atoms with E-state index in [1.165, 1.54) is 0 Å². The second-order valence-corrected chi connectivity index (χ2v) is 4.25. The SMILES string of the molecule is Cc1oc2ccccc2c1C(O)c1cnnn1C. The van der Waals surface area contributed by atoms with Crippen LogP contribution in [0.25, 0.3) is 11.0 Å². The average molecular weight is 243 g/mol. The smallest absolute Gasteiger partial charge is 0.134 e. The third-order valence-electron chi connectivity index (χ3n) is 3.12. The van der Waals surface area contributed by atoms with Crippen molar-refractivity contribution in [2.75, 3.05) is 0 Å². The molecule has 2 heterocycles. The highest BCUT2D eigenvalue weighted by atomic mass is 16.3. The van der Waals surface area contributed by atoms with E-state index in [4.69, 9.17) is 4.42 Å². The van der Waals surface area contributed by atoms with Crippen molar-refractivity contribution in [3.63, 3.8) is 0 Å². The highest BCUT2D eigenvalue weighted by Gasteiger charge is 2.22. The topological polar surface area (TPSA) is 64.1 Å². The first-order chi connectivity index (χ1) is 8.68. The van der Waals surface area contributed by atoms with Crippen molar-refractivity contribution in [1.29, 1.82) is 0 Å². The minimum atomic E-state index is -0.784. The molecule has 1 unspecified atom stereocenters. The predicted octanol–water partition coefficient (Wildman–Crippen LogP) is 1.95. The van der Waals surface area contributed by atoms with Gasteiger partial charge >= 0.3 is 0 Å². The van der Waals surface area contributed by atoms with E-state index in [0.717, 1.165) is 16.5 Å². The van der Waals surface area contributed by atoms with Gasteiger partial charge in [0.05, 0.1) is 11.9 Å². The fourth-order valence-corrected chi connectivity index (χ4v) is 2.22. The van der Waals surface area contributed by atoms with Gasteiger partial charge in [0.1, 0.15) is 17.4 Å². The Labute approximate surface area is 104 Å². The quantitative estimate of drug-likeness (QED) is 0.747. The molecule has 0 fully saturated rings. The molecule has 0 saturated carbocycles. The molecule has 0 saturated heterocycles. The molecule has 0 spiro atoms. The van der Waals surface area contributed by atoms with Crippen LogP contribution in [0.5, 0.6) is 0 Å². The first-order valence-electron chi connectivity index (χ1n) is 5.69. The van der Waals surface area contributed by atoms with E-state index in [-0.39, 0.29) is 0 Å². The molecule has 5 nitrogen and oxygen atoms in total. The zero-order chi connectivity index (χ0) is 12.7. The molecule has 0 radical (unpaired) electrons. The zero-order valence-corrected chi connectivity index (χ0v) is 10.2. The number of hydrogen-bond donors (Lipinski definition) is 1. The van der Waals surface area contributed by atoms with E-state index in [1.807, 2.05) is 31.2 Å². The molecule has 1 N–H and O–H groups in total. The lowest BCUT2D eigenvalue weighted by Crippen LogP contribution is -2.07. The van der Waals surface area contributed by atoms with Gasteiger partial charge in [0.15, 0.2) is 0 Å². The van der Waals surface area contributed by atoms with Gasteiger partial charge in [-0.1, -0.05) is 23.4 Å². The average Bonchev–Trinajstić information content (AvgIpc) is 2.91. The molecule has 3 rings (SSSR count). The van der Waals surface area contributed by atoms with Gasteiger partial charge in [-0.15, -0.1) is 5.10 Å². The molecular weight excluding hydrogens is 230 g/mol. The summed E-state index contributed by atoms with van der Waals surface area (Å²) in [5, 5.41) is 19.0. The fourth-order valence-electron chi connectivity index (χ4n) is 2.22. The summed E-state index contributed by atoms with van der Waals surface area (Å²) in [6.07, 6.45) is 0.778. The van der Waals surface area contributed by atoms with Gasteiger partial charge in [-0.25, -0.2) is 4.68 Å². The van der Waals surface area contributed by atoms with Crippen LogP contribution >= 0.6 is 0 Å². The lowest BCUT2D eigenvalue weighted by Gasteiger charge is -2.09. The standard InChI is InChI=1S/C13H13N3O2/c1-8-12(9-5-3-4-6-11(9)18-8)13(17)10-7-14-15-16(10)2/h3-7,13,17H,1-2H3. The first kappa shape index (κ1) is 11.0. The lowest BCUT2D eigenvalue weighted by molar-refractivity contribution is 0.209.